The molecular formula is C17H28N2. The van der Waals surface area contributed by atoms with E-state index in [1.165, 1.54) is 43.6 Å². The third-order valence-corrected chi connectivity index (χ3v) is 4.41. The molecule has 0 bridgehead atoms. The van der Waals surface area contributed by atoms with Crippen molar-refractivity contribution in [3.8, 4) is 0 Å². The Labute approximate surface area is 118 Å². The van der Waals surface area contributed by atoms with Crippen LogP contribution in [-0.4, -0.2) is 31.1 Å². The Morgan fingerprint density at radius 1 is 1.26 bits per heavy atom. The molecule has 1 N–H and O–H groups in total. The van der Waals surface area contributed by atoms with Gasteiger partial charge < -0.3 is 10.2 Å². The average Bonchev–Trinajstić information content (AvgIpc) is 2.41. The summed E-state index contributed by atoms with van der Waals surface area (Å²) in [5.74, 6) is 0.926. The number of benzene rings is 1. The molecule has 0 spiro atoms. The summed E-state index contributed by atoms with van der Waals surface area (Å²) >= 11 is 0. The van der Waals surface area contributed by atoms with Gasteiger partial charge in [-0.05, 0) is 56.8 Å². The molecule has 1 aliphatic heterocycles. The fraction of sp³-hybridized carbons (Fsp3) is 0.647. The third-order valence-electron chi connectivity index (χ3n) is 4.41. The van der Waals surface area contributed by atoms with Crippen LogP contribution in [0.4, 0.5) is 0 Å². The molecule has 1 fully saturated rings. The fourth-order valence-electron chi connectivity index (χ4n) is 2.91. The number of hydrogen-bond acceptors (Lipinski definition) is 2. The molecule has 1 heterocycles. The standard InChI is InChI=1S/C17H28N2/c1-14-8-11-19(12-9-14)13-10-18-16(3)17-7-5-4-6-15(17)2/h4-7,14,16,18H,8-13H2,1-3H3. The lowest BCUT2D eigenvalue weighted by Gasteiger charge is -2.30. The smallest absolute Gasteiger partial charge is 0.0294 e. The van der Waals surface area contributed by atoms with Crippen molar-refractivity contribution in [1.82, 2.24) is 10.2 Å². The van der Waals surface area contributed by atoms with Gasteiger partial charge in [-0.15, -0.1) is 0 Å². The maximum absolute atomic E-state index is 3.66. The van der Waals surface area contributed by atoms with Crippen LogP contribution in [0.3, 0.4) is 0 Å². The van der Waals surface area contributed by atoms with Crippen molar-refractivity contribution in [3.05, 3.63) is 35.4 Å². The van der Waals surface area contributed by atoms with Crippen LogP contribution in [-0.2, 0) is 0 Å². The Balaban J connectivity index is 1.72. The van der Waals surface area contributed by atoms with Gasteiger partial charge in [-0.25, -0.2) is 0 Å². The van der Waals surface area contributed by atoms with Crippen LogP contribution < -0.4 is 5.32 Å². The molecule has 0 amide bonds. The highest BCUT2D eigenvalue weighted by Crippen LogP contribution is 2.17. The van der Waals surface area contributed by atoms with Gasteiger partial charge in [0.1, 0.15) is 0 Å². The third kappa shape index (κ3) is 4.32. The lowest BCUT2D eigenvalue weighted by atomic mass is 9.99. The van der Waals surface area contributed by atoms with Crippen molar-refractivity contribution in [2.45, 2.75) is 39.7 Å². The van der Waals surface area contributed by atoms with Gasteiger partial charge in [-0.1, -0.05) is 31.2 Å². The zero-order valence-corrected chi connectivity index (χ0v) is 12.7. The van der Waals surface area contributed by atoms with Crippen molar-refractivity contribution < 1.29 is 0 Å². The first-order valence-electron chi connectivity index (χ1n) is 7.68. The predicted octanol–water partition coefficient (Wildman–Crippen LogP) is 3.38. The molecular weight excluding hydrogens is 232 g/mol. The SMILES string of the molecule is Cc1ccccc1C(C)NCCN1CCC(C)CC1. The Kier molecular flexibility index (Phi) is 5.41. The summed E-state index contributed by atoms with van der Waals surface area (Å²) in [6, 6.07) is 9.12. The van der Waals surface area contributed by atoms with Crippen LogP contribution in [0.5, 0.6) is 0 Å². The van der Waals surface area contributed by atoms with Crippen LogP contribution in [0.25, 0.3) is 0 Å². The normalized spacial score (nSPS) is 19.5. The molecule has 1 aromatic rings. The second-order valence-electron chi connectivity index (χ2n) is 6.06. The fourth-order valence-corrected chi connectivity index (χ4v) is 2.91. The second-order valence-corrected chi connectivity index (χ2v) is 6.06. The van der Waals surface area contributed by atoms with E-state index in [1.54, 1.807) is 0 Å². The molecule has 0 aliphatic carbocycles. The lowest BCUT2D eigenvalue weighted by molar-refractivity contribution is 0.191. The molecule has 0 aromatic heterocycles. The van der Waals surface area contributed by atoms with Crippen LogP contribution in [0, 0.1) is 12.8 Å². The Morgan fingerprint density at radius 3 is 2.63 bits per heavy atom. The predicted molar refractivity (Wildman–Crippen MR) is 82.4 cm³/mol. The summed E-state index contributed by atoms with van der Waals surface area (Å²) < 4.78 is 0. The van der Waals surface area contributed by atoms with Crippen LogP contribution in [0.1, 0.15) is 43.9 Å². The van der Waals surface area contributed by atoms with Gasteiger partial charge in [0.2, 0.25) is 0 Å². The Hall–Kier alpha value is -0.860. The van der Waals surface area contributed by atoms with Crippen molar-refractivity contribution in [2.75, 3.05) is 26.2 Å². The molecule has 1 aliphatic rings. The summed E-state index contributed by atoms with van der Waals surface area (Å²) in [4.78, 5) is 2.59. The largest absolute Gasteiger partial charge is 0.309 e. The van der Waals surface area contributed by atoms with Crippen molar-refractivity contribution >= 4 is 0 Å². The van der Waals surface area contributed by atoms with E-state index in [0.717, 1.165) is 12.5 Å². The van der Waals surface area contributed by atoms with E-state index in [2.05, 4.69) is 55.3 Å². The van der Waals surface area contributed by atoms with Gasteiger partial charge in [-0.3, -0.25) is 0 Å². The average molecular weight is 260 g/mol. The highest BCUT2D eigenvalue weighted by Gasteiger charge is 2.15. The highest BCUT2D eigenvalue weighted by molar-refractivity contribution is 5.28. The monoisotopic (exact) mass is 260 g/mol. The zero-order valence-electron chi connectivity index (χ0n) is 12.7. The molecule has 2 rings (SSSR count). The van der Waals surface area contributed by atoms with Crippen LogP contribution >= 0.6 is 0 Å². The molecule has 1 unspecified atom stereocenters. The van der Waals surface area contributed by atoms with Gasteiger partial charge in [-0.2, -0.15) is 0 Å². The zero-order chi connectivity index (χ0) is 13.7. The van der Waals surface area contributed by atoms with E-state index < -0.39 is 0 Å². The van der Waals surface area contributed by atoms with Gasteiger partial charge in [0.15, 0.2) is 0 Å². The molecule has 106 valence electrons. The molecule has 1 aromatic carbocycles. The first kappa shape index (κ1) is 14.5. The summed E-state index contributed by atoms with van der Waals surface area (Å²) in [6.07, 6.45) is 2.74. The van der Waals surface area contributed by atoms with Crippen molar-refractivity contribution in [3.63, 3.8) is 0 Å². The lowest BCUT2D eigenvalue weighted by Crippen LogP contribution is -2.38. The number of nitrogens with zero attached hydrogens (tertiary/aromatic N) is 1. The second kappa shape index (κ2) is 7.06. The van der Waals surface area contributed by atoms with E-state index in [0.29, 0.717) is 6.04 Å². The quantitative estimate of drug-likeness (QED) is 0.873. The number of nitrogens with one attached hydrogen (secondary N) is 1. The van der Waals surface area contributed by atoms with Crippen LogP contribution in [0.2, 0.25) is 0 Å². The number of rotatable bonds is 5. The van der Waals surface area contributed by atoms with E-state index in [-0.39, 0.29) is 0 Å². The van der Waals surface area contributed by atoms with Gasteiger partial charge >= 0.3 is 0 Å². The first-order valence-corrected chi connectivity index (χ1v) is 7.68. The molecule has 1 saturated heterocycles. The molecule has 2 heteroatoms. The molecule has 1 atom stereocenters. The van der Waals surface area contributed by atoms with E-state index in [4.69, 9.17) is 0 Å². The summed E-state index contributed by atoms with van der Waals surface area (Å²) in [5.41, 5.74) is 2.81. The van der Waals surface area contributed by atoms with E-state index in [9.17, 15) is 0 Å². The Morgan fingerprint density at radius 2 is 1.95 bits per heavy atom. The minimum atomic E-state index is 0.449. The summed E-state index contributed by atoms with van der Waals surface area (Å²) in [5, 5.41) is 3.66. The van der Waals surface area contributed by atoms with Gasteiger partial charge in [0, 0.05) is 19.1 Å². The van der Waals surface area contributed by atoms with Crippen LogP contribution in [0.15, 0.2) is 24.3 Å². The Bertz CT molecular complexity index is 381. The van der Waals surface area contributed by atoms with Crippen molar-refractivity contribution in [1.29, 1.82) is 0 Å². The maximum Gasteiger partial charge on any atom is 0.0294 e. The topological polar surface area (TPSA) is 15.3 Å². The van der Waals surface area contributed by atoms with E-state index >= 15 is 0 Å². The van der Waals surface area contributed by atoms with Gasteiger partial charge in [0.25, 0.3) is 0 Å². The summed E-state index contributed by atoms with van der Waals surface area (Å²) in [6.45, 7) is 11.7. The molecule has 0 saturated carbocycles. The molecule has 2 nitrogen and oxygen atoms in total. The molecule has 0 radical (unpaired) electrons. The number of likely N-dealkylation sites (tertiary alicyclic amines) is 1. The number of hydrogen-bond donors (Lipinski definition) is 1. The maximum atomic E-state index is 3.66. The number of aryl methyl sites for hydroxylation is 1. The number of piperidine rings is 1. The van der Waals surface area contributed by atoms with Crippen molar-refractivity contribution in [2.24, 2.45) is 5.92 Å². The summed E-state index contributed by atoms with van der Waals surface area (Å²) in [7, 11) is 0. The minimum Gasteiger partial charge on any atom is -0.309 e. The minimum absolute atomic E-state index is 0.449. The first-order chi connectivity index (χ1) is 9.16. The van der Waals surface area contributed by atoms with E-state index in [1.807, 2.05) is 0 Å². The van der Waals surface area contributed by atoms with Gasteiger partial charge in [0.05, 0.1) is 0 Å². The molecule has 19 heavy (non-hydrogen) atoms. The highest BCUT2D eigenvalue weighted by atomic mass is 15.1.